The Hall–Kier alpha value is -3.03. The van der Waals surface area contributed by atoms with Crippen molar-refractivity contribution < 1.29 is 19.0 Å². The number of amides is 1. The summed E-state index contributed by atoms with van der Waals surface area (Å²) >= 11 is 6.13. The maximum atomic E-state index is 13.2. The lowest BCUT2D eigenvalue weighted by Gasteiger charge is -2.27. The van der Waals surface area contributed by atoms with Crippen LogP contribution in [0.3, 0.4) is 0 Å². The molecule has 0 bridgehead atoms. The van der Waals surface area contributed by atoms with E-state index in [1.807, 2.05) is 74.2 Å². The lowest BCUT2D eigenvalue weighted by molar-refractivity contribution is -0.136. The number of carbonyl (C=O) groups is 1. The number of rotatable bonds is 9. The average Bonchev–Trinajstić information content (AvgIpc) is 3.47. The fourth-order valence-corrected chi connectivity index (χ4v) is 4.34. The van der Waals surface area contributed by atoms with Gasteiger partial charge in [-0.1, -0.05) is 37.6 Å². The third kappa shape index (κ3) is 5.80. The van der Waals surface area contributed by atoms with Crippen LogP contribution in [0.1, 0.15) is 37.9 Å². The number of aromatic nitrogens is 2. The Labute approximate surface area is 211 Å². The molecule has 0 aliphatic carbocycles. The van der Waals surface area contributed by atoms with Crippen molar-refractivity contribution in [2.45, 2.75) is 46.3 Å². The minimum atomic E-state index is -0.137. The van der Waals surface area contributed by atoms with Gasteiger partial charge in [-0.3, -0.25) is 4.79 Å². The summed E-state index contributed by atoms with van der Waals surface area (Å²) in [6.45, 7) is 7.41. The van der Waals surface area contributed by atoms with E-state index in [9.17, 15) is 4.79 Å². The number of methoxy groups -OCH3 is 1. The van der Waals surface area contributed by atoms with Gasteiger partial charge in [0.2, 0.25) is 11.8 Å². The molecule has 1 atom stereocenters. The first-order chi connectivity index (χ1) is 16.9. The van der Waals surface area contributed by atoms with Gasteiger partial charge in [-0.25, -0.2) is 4.68 Å². The highest BCUT2D eigenvalue weighted by atomic mass is 35.5. The number of aryl methyl sites for hydroxylation is 1. The van der Waals surface area contributed by atoms with Crippen molar-refractivity contribution in [2.75, 3.05) is 20.3 Å². The molecule has 2 aromatic carbocycles. The summed E-state index contributed by atoms with van der Waals surface area (Å²) in [4.78, 5) is 15.1. The topological polar surface area (TPSA) is 65.8 Å². The molecule has 0 saturated carbocycles. The lowest BCUT2D eigenvalue weighted by atomic mass is 10.1. The first kappa shape index (κ1) is 25.1. The van der Waals surface area contributed by atoms with Crippen LogP contribution in [-0.2, 0) is 16.1 Å². The summed E-state index contributed by atoms with van der Waals surface area (Å²) < 4.78 is 19.6. The Morgan fingerprint density at radius 1 is 1.20 bits per heavy atom. The molecule has 2 heterocycles. The number of hydrogen-bond acceptors (Lipinski definition) is 5. The van der Waals surface area contributed by atoms with Crippen molar-refractivity contribution >= 4 is 17.5 Å². The van der Waals surface area contributed by atoms with Gasteiger partial charge < -0.3 is 19.1 Å². The molecule has 0 N–H and O–H groups in total. The molecule has 186 valence electrons. The van der Waals surface area contributed by atoms with E-state index in [1.54, 1.807) is 11.8 Å². The quantitative estimate of drug-likeness (QED) is 0.374. The molecule has 1 aliphatic rings. The van der Waals surface area contributed by atoms with E-state index in [-0.39, 0.29) is 17.9 Å². The van der Waals surface area contributed by atoms with Gasteiger partial charge in [-0.05, 0) is 56.2 Å². The molecule has 8 heteroatoms. The summed E-state index contributed by atoms with van der Waals surface area (Å²) in [6.07, 6.45) is 2.02. The molecule has 1 aromatic heterocycles. The largest absolute Gasteiger partial charge is 0.493 e. The van der Waals surface area contributed by atoms with Crippen LogP contribution in [0.15, 0.2) is 48.5 Å². The van der Waals surface area contributed by atoms with Gasteiger partial charge in [-0.15, -0.1) is 0 Å². The standard InChI is InChI=1S/C27H32ClN3O4/c1-18(2)26(32)30(16-22-8-7-15-34-22)17-23-19(3)29-31(21-13-11-20(28)12-14-21)27(23)35-25-10-6-5-9-24(25)33-4/h5-6,9-14,18,22H,7-8,15-17H2,1-4H3/t22-/m1/s1. The van der Waals surface area contributed by atoms with Crippen LogP contribution in [0.4, 0.5) is 0 Å². The van der Waals surface area contributed by atoms with Crippen LogP contribution >= 0.6 is 11.6 Å². The molecular weight excluding hydrogens is 466 g/mol. The van der Waals surface area contributed by atoms with Crippen molar-refractivity contribution in [3.8, 4) is 23.1 Å². The normalized spacial score (nSPS) is 15.4. The van der Waals surface area contributed by atoms with Gasteiger partial charge in [0, 0.05) is 24.1 Å². The van der Waals surface area contributed by atoms with Crippen LogP contribution in [0.2, 0.25) is 5.02 Å². The Balaban J connectivity index is 1.76. The monoisotopic (exact) mass is 497 g/mol. The molecule has 1 fully saturated rings. The number of hydrogen-bond donors (Lipinski definition) is 0. The van der Waals surface area contributed by atoms with Crippen molar-refractivity contribution in [3.05, 3.63) is 64.8 Å². The molecule has 3 aromatic rings. The van der Waals surface area contributed by atoms with Gasteiger partial charge in [0.15, 0.2) is 11.5 Å². The molecule has 35 heavy (non-hydrogen) atoms. The highest BCUT2D eigenvalue weighted by Crippen LogP contribution is 2.36. The number of nitrogens with zero attached hydrogens (tertiary/aromatic N) is 3. The molecule has 0 spiro atoms. The van der Waals surface area contributed by atoms with Gasteiger partial charge in [0.25, 0.3) is 0 Å². The first-order valence-corrected chi connectivity index (χ1v) is 12.3. The number of benzene rings is 2. The van der Waals surface area contributed by atoms with Crippen molar-refractivity contribution in [1.29, 1.82) is 0 Å². The van der Waals surface area contributed by atoms with E-state index in [4.69, 9.17) is 30.9 Å². The van der Waals surface area contributed by atoms with Gasteiger partial charge in [0.05, 0.1) is 36.7 Å². The highest BCUT2D eigenvalue weighted by Gasteiger charge is 2.28. The fourth-order valence-electron chi connectivity index (χ4n) is 4.21. The van der Waals surface area contributed by atoms with Crippen molar-refractivity contribution in [2.24, 2.45) is 5.92 Å². The summed E-state index contributed by atoms with van der Waals surface area (Å²) in [5.41, 5.74) is 2.41. The van der Waals surface area contributed by atoms with Gasteiger partial charge >= 0.3 is 0 Å². The Bertz CT molecular complexity index is 1150. The number of ether oxygens (including phenoxy) is 3. The lowest BCUT2D eigenvalue weighted by Crippen LogP contribution is -2.39. The van der Waals surface area contributed by atoms with E-state index in [0.29, 0.717) is 35.5 Å². The van der Waals surface area contributed by atoms with Crippen LogP contribution < -0.4 is 9.47 Å². The molecule has 1 aliphatic heterocycles. The second-order valence-electron chi connectivity index (χ2n) is 9.02. The maximum Gasteiger partial charge on any atom is 0.228 e. The minimum absolute atomic E-state index is 0.0444. The smallest absolute Gasteiger partial charge is 0.228 e. The molecule has 0 radical (unpaired) electrons. The average molecular weight is 498 g/mol. The summed E-state index contributed by atoms with van der Waals surface area (Å²) in [7, 11) is 1.61. The molecule has 7 nitrogen and oxygen atoms in total. The number of para-hydroxylation sites is 2. The second-order valence-corrected chi connectivity index (χ2v) is 9.46. The van der Waals surface area contributed by atoms with E-state index in [2.05, 4.69) is 0 Å². The predicted octanol–water partition coefficient (Wildman–Crippen LogP) is 5.80. The second kappa shape index (κ2) is 11.1. The molecule has 1 saturated heterocycles. The number of halogens is 1. The number of carbonyl (C=O) groups excluding carboxylic acids is 1. The fraction of sp³-hybridized carbons (Fsp3) is 0.407. The Morgan fingerprint density at radius 2 is 1.91 bits per heavy atom. The van der Waals surface area contributed by atoms with Crippen LogP contribution in [0.5, 0.6) is 17.4 Å². The zero-order chi connectivity index (χ0) is 24.9. The Kier molecular flexibility index (Phi) is 7.98. The molecule has 4 rings (SSSR count). The highest BCUT2D eigenvalue weighted by molar-refractivity contribution is 6.30. The zero-order valence-electron chi connectivity index (χ0n) is 20.7. The van der Waals surface area contributed by atoms with E-state index < -0.39 is 0 Å². The summed E-state index contributed by atoms with van der Waals surface area (Å²) in [6, 6.07) is 14.9. The summed E-state index contributed by atoms with van der Waals surface area (Å²) in [5, 5.41) is 5.42. The van der Waals surface area contributed by atoms with E-state index >= 15 is 0 Å². The van der Waals surface area contributed by atoms with Gasteiger partial charge in [0.1, 0.15) is 0 Å². The van der Waals surface area contributed by atoms with E-state index in [0.717, 1.165) is 36.4 Å². The van der Waals surface area contributed by atoms with Crippen LogP contribution in [0, 0.1) is 12.8 Å². The van der Waals surface area contributed by atoms with Crippen LogP contribution in [0.25, 0.3) is 5.69 Å². The Morgan fingerprint density at radius 3 is 2.54 bits per heavy atom. The van der Waals surface area contributed by atoms with Gasteiger partial charge in [-0.2, -0.15) is 5.10 Å². The maximum absolute atomic E-state index is 13.2. The van der Waals surface area contributed by atoms with Crippen LogP contribution in [-0.4, -0.2) is 47.0 Å². The van der Waals surface area contributed by atoms with Crippen molar-refractivity contribution in [3.63, 3.8) is 0 Å². The predicted molar refractivity (Wildman–Crippen MR) is 136 cm³/mol. The zero-order valence-corrected chi connectivity index (χ0v) is 21.4. The molecule has 1 amide bonds. The minimum Gasteiger partial charge on any atom is -0.493 e. The van der Waals surface area contributed by atoms with E-state index in [1.165, 1.54) is 0 Å². The third-order valence-electron chi connectivity index (χ3n) is 6.09. The molecular formula is C27H32ClN3O4. The third-order valence-corrected chi connectivity index (χ3v) is 6.34. The summed E-state index contributed by atoms with van der Waals surface area (Å²) in [5.74, 6) is 1.63. The molecule has 0 unspecified atom stereocenters. The SMILES string of the molecule is COc1ccccc1Oc1c(CN(C[C@H]2CCCO2)C(=O)C(C)C)c(C)nn1-c1ccc(Cl)cc1. The first-order valence-electron chi connectivity index (χ1n) is 11.9. The van der Waals surface area contributed by atoms with Crippen molar-refractivity contribution in [1.82, 2.24) is 14.7 Å².